The van der Waals surface area contributed by atoms with Crippen LogP contribution < -0.4 is 0 Å². The molecule has 0 aliphatic rings. The number of allylic oxidation sites excluding steroid dienone is 14. The second-order valence-electron chi connectivity index (χ2n) is 19.2. The van der Waals surface area contributed by atoms with Crippen molar-refractivity contribution >= 4 is 17.9 Å². The molecule has 0 fully saturated rings. The first-order valence-electron chi connectivity index (χ1n) is 29.1. The lowest BCUT2D eigenvalue weighted by Crippen LogP contribution is -2.30. The molecule has 0 saturated carbocycles. The van der Waals surface area contributed by atoms with E-state index in [4.69, 9.17) is 14.2 Å². The minimum Gasteiger partial charge on any atom is -0.462 e. The quantitative estimate of drug-likeness (QED) is 0.0199. The third-order valence-electron chi connectivity index (χ3n) is 12.5. The molecule has 0 radical (unpaired) electrons. The van der Waals surface area contributed by atoms with Gasteiger partial charge in [-0.05, 0) is 77.0 Å². The fourth-order valence-corrected chi connectivity index (χ4v) is 8.14. The van der Waals surface area contributed by atoms with Gasteiger partial charge in [-0.25, -0.2) is 0 Å². The molecule has 0 aliphatic carbocycles. The molecule has 0 aromatic carbocycles. The van der Waals surface area contributed by atoms with E-state index in [1.54, 1.807) is 0 Å². The molecular weight excluding hydrogens is 853 g/mol. The molecule has 6 heteroatoms. The van der Waals surface area contributed by atoms with E-state index in [1.807, 2.05) is 0 Å². The predicted molar refractivity (Wildman–Crippen MR) is 297 cm³/mol. The van der Waals surface area contributed by atoms with Gasteiger partial charge in [0.25, 0.3) is 0 Å². The van der Waals surface area contributed by atoms with Crippen molar-refractivity contribution in [1.82, 2.24) is 0 Å². The Bertz CT molecular complexity index is 1330. The fraction of sp³-hybridized carbons (Fsp3) is 0.730. The number of hydrogen-bond acceptors (Lipinski definition) is 6. The van der Waals surface area contributed by atoms with Crippen molar-refractivity contribution in [3.8, 4) is 0 Å². The average molecular weight is 962 g/mol. The molecule has 0 saturated heterocycles. The summed E-state index contributed by atoms with van der Waals surface area (Å²) in [5.74, 6) is -0.914. The number of esters is 3. The Hall–Kier alpha value is -3.41. The van der Waals surface area contributed by atoms with Crippen LogP contribution in [-0.2, 0) is 28.6 Å². The molecule has 0 rings (SSSR count). The summed E-state index contributed by atoms with van der Waals surface area (Å²) < 4.78 is 16.9. The Morgan fingerprint density at radius 3 is 1.04 bits per heavy atom. The van der Waals surface area contributed by atoms with Crippen LogP contribution in [0.25, 0.3) is 0 Å². The molecule has 0 N–H and O–H groups in total. The molecule has 0 aliphatic heterocycles. The lowest BCUT2D eigenvalue weighted by molar-refractivity contribution is -0.167. The van der Waals surface area contributed by atoms with E-state index < -0.39 is 6.10 Å². The summed E-state index contributed by atoms with van der Waals surface area (Å²) in [5, 5.41) is 0. The van der Waals surface area contributed by atoms with Gasteiger partial charge < -0.3 is 14.2 Å². The molecule has 0 bridgehead atoms. The molecule has 6 nitrogen and oxygen atoms in total. The first kappa shape index (κ1) is 65.6. The summed E-state index contributed by atoms with van der Waals surface area (Å²) in [6.07, 6.45) is 74.3. The van der Waals surface area contributed by atoms with Crippen LogP contribution in [0.4, 0.5) is 0 Å². The maximum absolute atomic E-state index is 12.9. The smallest absolute Gasteiger partial charge is 0.306 e. The molecule has 0 heterocycles. The van der Waals surface area contributed by atoms with Crippen LogP contribution >= 0.6 is 0 Å². The van der Waals surface area contributed by atoms with Crippen LogP contribution in [0.1, 0.15) is 278 Å². The third-order valence-corrected chi connectivity index (χ3v) is 12.5. The summed E-state index contributed by atoms with van der Waals surface area (Å²) in [4.78, 5) is 38.2. The minimum absolute atomic E-state index is 0.0893. The van der Waals surface area contributed by atoms with Crippen molar-refractivity contribution in [1.29, 1.82) is 0 Å². The highest BCUT2D eigenvalue weighted by molar-refractivity contribution is 5.71. The Kier molecular flexibility index (Phi) is 54.3. The van der Waals surface area contributed by atoms with Crippen molar-refractivity contribution < 1.29 is 28.6 Å². The van der Waals surface area contributed by atoms with Crippen LogP contribution in [0, 0.1) is 0 Å². The highest BCUT2D eigenvalue weighted by Crippen LogP contribution is 2.16. The van der Waals surface area contributed by atoms with E-state index in [0.717, 1.165) is 116 Å². The van der Waals surface area contributed by atoms with Crippen LogP contribution in [0.3, 0.4) is 0 Å². The van der Waals surface area contributed by atoms with E-state index in [1.165, 1.54) is 122 Å². The lowest BCUT2D eigenvalue weighted by Gasteiger charge is -2.18. The Balaban J connectivity index is 4.38. The zero-order valence-electron chi connectivity index (χ0n) is 45.3. The molecule has 396 valence electrons. The number of ether oxygens (including phenoxy) is 3. The maximum atomic E-state index is 12.9. The summed E-state index contributed by atoms with van der Waals surface area (Å²) in [6.45, 7) is 6.39. The maximum Gasteiger partial charge on any atom is 0.306 e. The number of hydrogen-bond donors (Lipinski definition) is 0. The van der Waals surface area contributed by atoms with Gasteiger partial charge in [-0.1, -0.05) is 266 Å². The normalized spacial score (nSPS) is 12.7. The topological polar surface area (TPSA) is 78.9 Å². The van der Waals surface area contributed by atoms with Gasteiger partial charge in [0.05, 0.1) is 0 Å². The van der Waals surface area contributed by atoms with Crippen molar-refractivity contribution in [3.63, 3.8) is 0 Å². The minimum atomic E-state index is -0.790. The fourth-order valence-electron chi connectivity index (χ4n) is 8.14. The molecule has 0 spiro atoms. The largest absolute Gasteiger partial charge is 0.462 e. The predicted octanol–water partition coefficient (Wildman–Crippen LogP) is 19.5. The first-order valence-corrected chi connectivity index (χ1v) is 29.1. The number of rotatable bonds is 52. The molecule has 0 aromatic heterocycles. The SMILES string of the molecule is CC\C=C/C=C\C=C/CCCCCCCC(=O)OCC(COC(=O)CCCCCCCC/C=C\C/C=C\C/C=C\C/C=C\CC)OC(=O)CCCCCCCCCCCCCCCCCCCCC. The van der Waals surface area contributed by atoms with Gasteiger partial charge >= 0.3 is 17.9 Å². The van der Waals surface area contributed by atoms with E-state index in [9.17, 15) is 14.4 Å². The van der Waals surface area contributed by atoms with E-state index in [0.29, 0.717) is 19.3 Å². The van der Waals surface area contributed by atoms with E-state index in [2.05, 4.69) is 106 Å². The molecule has 0 amide bonds. The summed E-state index contributed by atoms with van der Waals surface area (Å²) in [6, 6.07) is 0. The van der Waals surface area contributed by atoms with Gasteiger partial charge in [0.1, 0.15) is 13.2 Å². The highest BCUT2D eigenvalue weighted by atomic mass is 16.6. The van der Waals surface area contributed by atoms with Gasteiger partial charge in [-0.3, -0.25) is 14.4 Å². The zero-order chi connectivity index (χ0) is 50.0. The van der Waals surface area contributed by atoms with Crippen LogP contribution in [0.5, 0.6) is 0 Å². The summed E-state index contributed by atoms with van der Waals surface area (Å²) in [5.41, 5.74) is 0. The van der Waals surface area contributed by atoms with Crippen LogP contribution in [-0.4, -0.2) is 37.2 Å². The van der Waals surface area contributed by atoms with E-state index >= 15 is 0 Å². The van der Waals surface area contributed by atoms with Gasteiger partial charge in [-0.15, -0.1) is 0 Å². The number of unbranched alkanes of at least 4 members (excludes halogenated alkanes) is 29. The highest BCUT2D eigenvalue weighted by Gasteiger charge is 2.19. The van der Waals surface area contributed by atoms with Crippen molar-refractivity contribution in [2.75, 3.05) is 13.2 Å². The van der Waals surface area contributed by atoms with Crippen molar-refractivity contribution in [2.24, 2.45) is 0 Å². The van der Waals surface area contributed by atoms with E-state index in [-0.39, 0.29) is 31.1 Å². The molecular formula is C63H108O6. The van der Waals surface area contributed by atoms with Crippen LogP contribution in [0.2, 0.25) is 0 Å². The summed E-state index contributed by atoms with van der Waals surface area (Å²) in [7, 11) is 0. The monoisotopic (exact) mass is 961 g/mol. The van der Waals surface area contributed by atoms with Crippen molar-refractivity contribution in [2.45, 2.75) is 284 Å². The standard InChI is InChI=1S/C63H108O6/c1-4-7-10-13-16-19-22-25-27-29-31-33-35-38-41-44-47-50-53-56-62(65)68-59-60(58-67-61(64)55-52-49-46-43-40-37-24-21-18-15-12-9-6-3)69-63(66)57-54-51-48-45-42-39-36-34-32-30-28-26-23-20-17-14-11-8-5-2/h7,9-10,12,15-16,18-19,21,24-25,27,31,33,60H,4-6,8,11,13-14,17,20,22-23,26,28-30,32,34-59H2,1-3H3/b10-7-,12-9-,18-15-,19-16-,24-21-,27-25-,33-31-. The summed E-state index contributed by atoms with van der Waals surface area (Å²) >= 11 is 0. The van der Waals surface area contributed by atoms with Gasteiger partial charge in [0.15, 0.2) is 6.10 Å². The molecule has 0 aromatic rings. The molecule has 1 unspecified atom stereocenters. The Labute approximate surface area is 426 Å². The molecule has 1 atom stereocenters. The second-order valence-corrected chi connectivity index (χ2v) is 19.2. The number of carbonyl (C=O) groups excluding carboxylic acids is 3. The Morgan fingerprint density at radius 1 is 0.319 bits per heavy atom. The van der Waals surface area contributed by atoms with Crippen molar-refractivity contribution in [3.05, 3.63) is 85.1 Å². The first-order chi connectivity index (χ1) is 34.0. The average Bonchev–Trinajstić information content (AvgIpc) is 3.35. The number of carbonyl (C=O) groups is 3. The lowest BCUT2D eigenvalue weighted by atomic mass is 10.0. The van der Waals surface area contributed by atoms with Gasteiger partial charge in [-0.2, -0.15) is 0 Å². The third kappa shape index (κ3) is 55.4. The zero-order valence-corrected chi connectivity index (χ0v) is 45.3. The van der Waals surface area contributed by atoms with Gasteiger partial charge in [0.2, 0.25) is 0 Å². The molecule has 69 heavy (non-hydrogen) atoms. The van der Waals surface area contributed by atoms with Gasteiger partial charge in [0, 0.05) is 19.3 Å². The second kappa shape index (κ2) is 57.2. The Morgan fingerprint density at radius 2 is 0.638 bits per heavy atom. The van der Waals surface area contributed by atoms with Crippen LogP contribution in [0.15, 0.2) is 85.1 Å².